The second kappa shape index (κ2) is 2.87. The Morgan fingerprint density at radius 2 is 2.20 bits per heavy atom. The van der Waals surface area contributed by atoms with Gasteiger partial charge in [-0.25, -0.2) is 9.78 Å². The highest BCUT2D eigenvalue weighted by Gasteiger charge is 2.22. The molecular formula is C7H6FN5O2. The molecule has 0 bridgehead atoms. The van der Waals surface area contributed by atoms with Gasteiger partial charge in [0.25, 0.3) is 0 Å². The van der Waals surface area contributed by atoms with Crippen molar-refractivity contribution in [2.24, 2.45) is 0 Å². The quantitative estimate of drug-likeness (QED) is 0.679. The van der Waals surface area contributed by atoms with Crippen LogP contribution in [0.1, 0.15) is 16.2 Å². The van der Waals surface area contributed by atoms with Crippen molar-refractivity contribution in [1.29, 1.82) is 0 Å². The van der Waals surface area contributed by atoms with Gasteiger partial charge in [0.05, 0.1) is 0 Å². The molecule has 2 aromatic heterocycles. The second-order valence-corrected chi connectivity index (χ2v) is 2.85. The van der Waals surface area contributed by atoms with E-state index in [0.29, 0.717) is 0 Å². The summed E-state index contributed by atoms with van der Waals surface area (Å²) in [6, 6.07) is 0. The maximum absolute atomic E-state index is 13.1. The van der Waals surface area contributed by atoms with E-state index in [4.69, 9.17) is 10.8 Å². The summed E-state index contributed by atoms with van der Waals surface area (Å²) < 4.78 is 14.0. The van der Waals surface area contributed by atoms with Crippen LogP contribution in [0.2, 0.25) is 0 Å². The minimum atomic E-state index is -1.46. The Labute approximate surface area is 82.3 Å². The Morgan fingerprint density at radius 1 is 1.53 bits per heavy atom. The van der Waals surface area contributed by atoms with Crippen molar-refractivity contribution in [3.05, 3.63) is 17.3 Å². The number of aromatic nitrogens is 4. The van der Waals surface area contributed by atoms with Crippen LogP contribution in [-0.2, 0) is 0 Å². The summed E-state index contributed by atoms with van der Waals surface area (Å²) in [6.07, 6.45) is 0. The second-order valence-electron chi connectivity index (χ2n) is 2.85. The summed E-state index contributed by atoms with van der Waals surface area (Å²) in [4.78, 5) is 14.5. The van der Waals surface area contributed by atoms with Gasteiger partial charge in [-0.2, -0.15) is 4.39 Å². The highest BCUT2D eigenvalue weighted by Crippen LogP contribution is 2.18. The third-order valence-electron chi connectivity index (χ3n) is 1.80. The van der Waals surface area contributed by atoms with Gasteiger partial charge in [0.1, 0.15) is 16.9 Å². The molecule has 15 heavy (non-hydrogen) atoms. The van der Waals surface area contributed by atoms with E-state index in [-0.39, 0.29) is 17.2 Å². The molecule has 2 aromatic rings. The average Bonchev–Trinajstić information content (AvgIpc) is 2.40. The largest absolute Gasteiger partial charge is 0.477 e. The van der Waals surface area contributed by atoms with E-state index in [1.165, 1.54) is 6.92 Å². The van der Waals surface area contributed by atoms with Crippen molar-refractivity contribution in [3.63, 3.8) is 0 Å². The number of anilines is 1. The number of nitrogens with two attached hydrogens (primary N) is 1. The number of carbonyl (C=O) groups is 1. The van der Waals surface area contributed by atoms with Gasteiger partial charge in [0.2, 0.25) is 5.95 Å². The first-order valence-electron chi connectivity index (χ1n) is 3.92. The molecule has 0 radical (unpaired) electrons. The molecule has 0 aliphatic carbocycles. The van der Waals surface area contributed by atoms with Gasteiger partial charge < -0.3 is 10.8 Å². The van der Waals surface area contributed by atoms with Crippen LogP contribution in [0.5, 0.6) is 0 Å². The molecule has 8 heteroatoms. The van der Waals surface area contributed by atoms with E-state index in [1.807, 2.05) is 0 Å². The number of hydrogen-bond donors (Lipinski definition) is 2. The highest BCUT2D eigenvalue weighted by atomic mass is 19.1. The number of rotatable bonds is 1. The number of carboxylic acids is 1. The van der Waals surface area contributed by atoms with Crippen LogP contribution in [0.3, 0.4) is 0 Å². The monoisotopic (exact) mass is 211 g/mol. The van der Waals surface area contributed by atoms with Gasteiger partial charge in [-0.1, -0.05) is 0 Å². The Bertz CT molecular complexity index is 564. The van der Waals surface area contributed by atoms with E-state index in [1.54, 1.807) is 0 Å². The lowest BCUT2D eigenvalue weighted by Gasteiger charge is -1.98. The zero-order chi connectivity index (χ0) is 11.2. The lowest BCUT2D eigenvalue weighted by Crippen LogP contribution is -2.06. The number of halogens is 1. The normalized spacial score (nSPS) is 10.8. The molecular weight excluding hydrogens is 205 g/mol. The molecule has 2 heterocycles. The van der Waals surface area contributed by atoms with E-state index in [2.05, 4.69) is 15.2 Å². The molecule has 0 saturated carbocycles. The number of nitrogens with zero attached hydrogens (tertiary/aromatic N) is 4. The summed E-state index contributed by atoms with van der Waals surface area (Å²) >= 11 is 0. The van der Waals surface area contributed by atoms with Crippen LogP contribution < -0.4 is 5.73 Å². The topological polar surface area (TPSA) is 106 Å². The molecule has 0 fully saturated rings. The van der Waals surface area contributed by atoms with Crippen molar-refractivity contribution in [1.82, 2.24) is 19.8 Å². The average molecular weight is 211 g/mol. The van der Waals surface area contributed by atoms with E-state index < -0.39 is 17.5 Å². The fourth-order valence-corrected chi connectivity index (χ4v) is 1.26. The van der Waals surface area contributed by atoms with Gasteiger partial charge in [0, 0.05) is 0 Å². The van der Waals surface area contributed by atoms with Gasteiger partial charge in [-0.05, 0) is 6.92 Å². The Hall–Kier alpha value is -2.25. The Morgan fingerprint density at radius 3 is 2.80 bits per heavy atom. The standard InChI is InChI=1S/C7H6FN5O2/c1-2-10-6(9)4-3(7(14)15)5(8)12-13(4)11-2/h1H3,(H,14,15)(H2,9,10,11). The summed E-state index contributed by atoms with van der Waals surface area (Å²) in [5, 5.41) is 15.7. The Balaban J connectivity index is 2.93. The van der Waals surface area contributed by atoms with Crippen LogP contribution >= 0.6 is 0 Å². The number of fused-ring (bicyclic) bond motifs is 1. The van der Waals surface area contributed by atoms with Gasteiger partial charge >= 0.3 is 5.97 Å². The first-order chi connectivity index (χ1) is 7.00. The van der Waals surface area contributed by atoms with Gasteiger partial charge in [-0.15, -0.1) is 14.8 Å². The van der Waals surface area contributed by atoms with Gasteiger partial charge in [-0.3, -0.25) is 0 Å². The number of aryl methyl sites for hydroxylation is 1. The minimum absolute atomic E-state index is 0.115. The molecule has 0 atom stereocenters. The maximum atomic E-state index is 13.1. The first-order valence-corrected chi connectivity index (χ1v) is 3.92. The number of nitrogen functional groups attached to an aromatic ring is 1. The van der Waals surface area contributed by atoms with Crippen LogP contribution in [0.4, 0.5) is 10.2 Å². The highest BCUT2D eigenvalue weighted by molar-refractivity contribution is 5.98. The van der Waals surface area contributed by atoms with Crippen LogP contribution in [0, 0.1) is 12.9 Å². The van der Waals surface area contributed by atoms with Crippen LogP contribution in [-0.4, -0.2) is 30.9 Å². The summed E-state index contributed by atoms with van der Waals surface area (Å²) in [7, 11) is 0. The first kappa shape index (κ1) is 9.31. The van der Waals surface area contributed by atoms with Crippen molar-refractivity contribution in [3.8, 4) is 0 Å². The third kappa shape index (κ3) is 1.26. The molecule has 7 nitrogen and oxygen atoms in total. The van der Waals surface area contributed by atoms with Gasteiger partial charge in [0.15, 0.2) is 5.82 Å². The molecule has 0 unspecified atom stereocenters. The predicted molar refractivity (Wildman–Crippen MR) is 46.8 cm³/mol. The molecule has 2 rings (SSSR count). The van der Waals surface area contributed by atoms with Crippen molar-refractivity contribution in [2.45, 2.75) is 6.92 Å². The zero-order valence-electron chi connectivity index (χ0n) is 7.60. The molecule has 0 saturated heterocycles. The van der Waals surface area contributed by atoms with Crippen molar-refractivity contribution in [2.75, 3.05) is 5.73 Å². The molecule has 0 aliphatic heterocycles. The lowest BCUT2D eigenvalue weighted by atomic mass is 10.3. The molecule has 3 N–H and O–H groups in total. The number of hydrogen-bond acceptors (Lipinski definition) is 5. The molecule has 78 valence electrons. The minimum Gasteiger partial charge on any atom is -0.477 e. The SMILES string of the molecule is Cc1nc(N)c2c(C(=O)O)c(F)nn2n1. The van der Waals surface area contributed by atoms with E-state index in [0.717, 1.165) is 4.63 Å². The third-order valence-corrected chi connectivity index (χ3v) is 1.80. The number of carboxylic acid groups (broad SMARTS) is 1. The fourth-order valence-electron chi connectivity index (χ4n) is 1.26. The smallest absolute Gasteiger partial charge is 0.342 e. The fraction of sp³-hybridized carbons (Fsp3) is 0.143. The molecule has 0 aliphatic rings. The molecule has 0 amide bonds. The van der Waals surface area contributed by atoms with Crippen molar-refractivity contribution < 1.29 is 14.3 Å². The number of aromatic carboxylic acids is 1. The molecule has 0 aromatic carbocycles. The predicted octanol–water partition coefficient (Wildman–Crippen LogP) is -0.148. The lowest BCUT2D eigenvalue weighted by molar-refractivity contribution is 0.0694. The Kier molecular flexibility index (Phi) is 1.78. The zero-order valence-corrected chi connectivity index (χ0v) is 7.60. The summed E-state index contributed by atoms with van der Waals surface area (Å²) in [5.41, 5.74) is 4.72. The summed E-state index contributed by atoms with van der Waals surface area (Å²) in [5.74, 6) is -2.42. The van der Waals surface area contributed by atoms with Crippen LogP contribution in [0.15, 0.2) is 0 Å². The van der Waals surface area contributed by atoms with E-state index >= 15 is 0 Å². The van der Waals surface area contributed by atoms with Crippen molar-refractivity contribution >= 4 is 17.3 Å². The van der Waals surface area contributed by atoms with Crippen LogP contribution in [0.25, 0.3) is 5.52 Å². The summed E-state index contributed by atoms with van der Waals surface area (Å²) in [6.45, 7) is 1.54. The molecule has 0 spiro atoms. The van der Waals surface area contributed by atoms with E-state index in [9.17, 15) is 9.18 Å². The maximum Gasteiger partial charge on any atom is 0.342 e.